The second-order valence-corrected chi connectivity index (χ2v) is 22.7. The number of benzene rings is 4. The maximum Gasteiger partial charge on any atom is 0.264 e. The molecule has 0 saturated carbocycles. The van der Waals surface area contributed by atoms with Crippen LogP contribution in [0.25, 0.3) is 22.1 Å². The molecule has 2 fully saturated rings. The van der Waals surface area contributed by atoms with Crippen molar-refractivity contribution in [2.75, 3.05) is 35.6 Å². The van der Waals surface area contributed by atoms with E-state index in [9.17, 15) is 41.7 Å². The monoisotopic (exact) mass is 994 g/mol. The summed E-state index contributed by atoms with van der Waals surface area (Å²) in [5.41, 5.74) is -1.000. The Morgan fingerprint density at radius 2 is 1.26 bits per heavy atom. The lowest BCUT2D eigenvalue weighted by atomic mass is 9.84. The Morgan fingerprint density at radius 3 is 1.81 bits per heavy atom. The Labute approximate surface area is 407 Å². The van der Waals surface area contributed by atoms with Gasteiger partial charge in [0.2, 0.25) is 5.88 Å². The number of nitrogens with zero attached hydrogens (tertiary/aromatic N) is 6. The summed E-state index contributed by atoms with van der Waals surface area (Å²) < 4.78 is 67.1. The van der Waals surface area contributed by atoms with E-state index in [0.29, 0.717) is 94.6 Å². The number of carbonyl (C=O) groups is 2. The number of hydrogen-bond donors (Lipinski definition) is 5. The zero-order valence-electron chi connectivity index (χ0n) is 39.5. The SMILES string of the molecule is CC(C)CC1(O)CCN(C(=O)c2ccc(NS(=O)(=O)c3cccc4ncc(Oc5cc(S(=O)(=O)Nc6ccc(C(=O)N7CCC(O)(CCCC(C)(C)O)CC7)cc6)c6nccnc6c5)nc34)cc2)CC1. The summed E-state index contributed by atoms with van der Waals surface area (Å²) in [5.74, 6) is -0.293. The average Bonchev–Trinajstić information content (AvgIpc) is 3.30. The molecule has 0 atom stereocenters. The van der Waals surface area contributed by atoms with E-state index in [1.54, 1.807) is 41.8 Å². The van der Waals surface area contributed by atoms with Gasteiger partial charge in [-0.1, -0.05) is 19.9 Å². The van der Waals surface area contributed by atoms with Crippen LogP contribution in [-0.2, 0) is 20.0 Å². The highest BCUT2D eigenvalue weighted by Gasteiger charge is 2.36. The maximum absolute atomic E-state index is 14.1. The molecule has 4 heterocycles. The van der Waals surface area contributed by atoms with Crippen LogP contribution >= 0.6 is 0 Å². The smallest absolute Gasteiger partial charge is 0.264 e. The number of aromatic nitrogens is 4. The van der Waals surface area contributed by atoms with Crippen molar-refractivity contribution >= 4 is 65.3 Å². The van der Waals surface area contributed by atoms with Gasteiger partial charge in [-0.15, -0.1) is 0 Å². The second kappa shape index (κ2) is 19.8. The molecule has 18 nitrogen and oxygen atoms in total. The van der Waals surface area contributed by atoms with Crippen molar-refractivity contribution < 1.29 is 46.5 Å². The topological polar surface area (TPSA) is 254 Å². The molecule has 5 N–H and O–H groups in total. The first-order valence-electron chi connectivity index (χ1n) is 23.3. The number of nitrogens with one attached hydrogen (secondary N) is 2. The van der Waals surface area contributed by atoms with Gasteiger partial charge in [0.15, 0.2) is 0 Å². The third-order valence-corrected chi connectivity index (χ3v) is 15.6. The molecular weight excluding hydrogens is 937 g/mol. The number of carbonyl (C=O) groups excluding carboxylic acids is 2. The summed E-state index contributed by atoms with van der Waals surface area (Å²) in [7, 11) is -8.66. The van der Waals surface area contributed by atoms with Gasteiger partial charge in [-0.05, 0) is 132 Å². The highest BCUT2D eigenvalue weighted by molar-refractivity contribution is 7.93. The first-order chi connectivity index (χ1) is 33.1. The minimum atomic E-state index is -4.38. The quantitative estimate of drug-likeness (QED) is 0.0662. The molecule has 0 bridgehead atoms. The number of fused-ring (bicyclic) bond motifs is 2. The van der Waals surface area contributed by atoms with E-state index in [0.717, 1.165) is 0 Å². The molecule has 2 aliphatic rings. The van der Waals surface area contributed by atoms with Gasteiger partial charge >= 0.3 is 0 Å². The number of para-hydroxylation sites is 1. The van der Waals surface area contributed by atoms with Gasteiger partial charge in [-0.2, -0.15) is 0 Å². The van der Waals surface area contributed by atoms with Gasteiger partial charge in [0.25, 0.3) is 31.9 Å². The Bertz CT molecular complexity index is 3110. The average molecular weight is 995 g/mol. The van der Waals surface area contributed by atoms with Gasteiger partial charge < -0.3 is 29.9 Å². The summed E-state index contributed by atoms with van der Waals surface area (Å²) >= 11 is 0. The standard InChI is InChI=1S/C50H58N8O10S2/c1-33(2)31-50(63)21-27-58(28-22-50)47(60)35-9-13-36(14-10-35)55-69(64,65)41-8-5-7-39-45(41)54-43(32-53-39)68-38-29-40-44(52-24-23-51-40)42(30-38)70(66,67)56-37-15-11-34(12-16-37)46(59)57-25-19-49(62,20-26-57)18-6-17-48(3,4)61/h5,7-16,23-24,29-30,32-33,55-56,61-63H,6,17-22,25-28,31H2,1-4H3. The molecule has 2 amide bonds. The maximum atomic E-state index is 14.1. The normalized spacial score (nSPS) is 16.3. The van der Waals surface area contributed by atoms with Crippen LogP contribution in [-0.4, -0.2) is 117 Å². The molecule has 70 heavy (non-hydrogen) atoms. The van der Waals surface area contributed by atoms with E-state index in [1.165, 1.54) is 79.3 Å². The molecular formula is C50H58N8O10S2. The second-order valence-electron chi connectivity index (χ2n) is 19.4. The van der Waals surface area contributed by atoms with Crippen molar-refractivity contribution in [3.05, 3.63) is 109 Å². The van der Waals surface area contributed by atoms with Crippen LogP contribution in [0.3, 0.4) is 0 Å². The molecule has 0 unspecified atom stereocenters. The predicted octanol–water partition coefficient (Wildman–Crippen LogP) is 6.89. The highest BCUT2D eigenvalue weighted by atomic mass is 32.2. The number of likely N-dealkylation sites (tertiary alicyclic amines) is 2. The van der Waals surface area contributed by atoms with E-state index < -0.39 is 36.8 Å². The lowest BCUT2D eigenvalue weighted by Gasteiger charge is -2.39. The van der Waals surface area contributed by atoms with Gasteiger partial charge in [0.1, 0.15) is 26.6 Å². The summed E-state index contributed by atoms with van der Waals surface area (Å²) in [6.07, 6.45) is 8.22. The summed E-state index contributed by atoms with van der Waals surface area (Å²) in [4.78, 5) is 47.0. The minimum Gasteiger partial charge on any atom is -0.437 e. The van der Waals surface area contributed by atoms with Crippen LogP contribution in [0, 0.1) is 5.92 Å². The molecule has 2 saturated heterocycles. The lowest BCUT2D eigenvalue weighted by molar-refractivity contribution is -0.0314. The molecule has 4 aromatic carbocycles. The van der Waals surface area contributed by atoms with E-state index in [4.69, 9.17) is 4.74 Å². The fraction of sp³-hybridized carbons (Fsp3) is 0.400. The van der Waals surface area contributed by atoms with Crippen LogP contribution in [0.1, 0.15) is 99.8 Å². The Kier molecular flexibility index (Phi) is 14.2. The van der Waals surface area contributed by atoms with Crippen molar-refractivity contribution in [3.63, 3.8) is 0 Å². The minimum absolute atomic E-state index is 0.0162. The fourth-order valence-corrected chi connectivity index (χ4v) is 11.6. The van der Waals surface area contributed by atoms with Crippen LogP contribution in [0.15, 0.2) is 107 Å². The van der Waals surface area contributed by atoms with Crippen LogP contribution < -0.4 is 14.2 Å². The van der Waals surface area contributed by atoms with Crippen LogP contribution in [0.4, 0.5) is 11.4 Å². The van der Waals surface area contributed by atoms with Crippen LogP contribution in [0.2, 0.25) is 0 Å². The van der Waals surface area contributed by atoms with E-state index in [-0.39, 0.29) is 66.7 Å². The van der Waals surface area contributed by atoms with E-state index in [2.05, 4.69) is 43.2 Å². The Hall–Kier alpha value is -6.32. The van der Waals surface area contributed by atoms with Crippen LogP contribution in [0.5, 0.6) is 11.6 Å². The third-order valence-electron chi connectivity index (χ3n) is 12.8. The number of piperidine rings is 2. The van der Waals surface area contributed by atoms with Gasteiger partial charge in [0.05, 0.1) is 34.0 Å². The van der Waals surface area contributed by atoms with Gasteiger partial charge in [0, 0.05) is 73.2 Å². The first-order valence-corrected chi connectivity index (χ1v) is 26.2. The van der Waals surface area contributed by atoms with Gasteiger partial charge in [-0.3, -0.25) is 29.0 Å². The third kappa shape index (κ3) is 11.8. The van der Waals surface area contributed by atoms with Crippen molar-refractivity contribution in [1.82, 2.24) is 29.7 Å². The van der Waals surface area contributed by atoms with Crippen molar-refractivity contribution in [1.29, 1.82) is 0 Å². The number of ether oxygens (including phenoxy) is 1. The highest BCUT2D eigenvalue weighted by Crippen LogP contribution is 2.34. The summed E-state index contributed by atoms with van der Waals surface area (Å²) in [6, 6.07) is 19.2. The fourth-order valence-electron chi connectivity index (χ4n) is 9.12. The summed E-state index contributed by atoms with van der Waals surface area (Å²) in [6.45, 7) is 9.13. The van der Waals surface area contributed by atoms with Gasteiger partial charge in [-0.25, -0.2) is 26.8 Å². The Balaban J connectivity index is 0.947. The van der Waals surface area contributed by atoms with Crippen molar-refractivity contribution in [2.24, 2.45) is 5.92 Å². The Morgan fingerprint density at radius 1 is 0.714 bits per heavy atom. The zero-order chi connectivity index (χ0) is 50.1. The molecule has 2 aliphatic heterocycles. The summed E-state index contributed by atoms with van der Waals surface area (Å²) in [5, 5.41) is 32.0. The molecule has 0 aliphatic carbocycles. The largest absolute Gasteiger partial charge is 0.437 e. The van der Waals surface area contributed by atoms with Crippen molar-refractivity contribution in [2.45, 2.75) is 106 Å². The molecule has 20 heteroatoms. The van der Waals surface area contributed by atoms with Crippen molar-refractivity contribution in [3.8, 4) is 11.6 Å². The molecule has 370 valence electrons. The molecule has 8 rings (SSSR count). The lowest BCUT2D eigenvalue weighted by Crippen LogP contribution is -2.47. The predicted molar refractivity (Wildman–Crippen MR) is 263 cm³/mol. The molecule has 6 aromatic rings. The first kappa shape index (κ1) is 50.1. The van der Waals surface area contributed by atoms with E-state index in [1.807, 2.05) is 0 Å². The molecule has 0 radical (unpaired) electrons. The number of amides is 2. The number of anilines is 2. The number of sulfonamides is 2. The van der Waals surface area contributed by atoms with E-state index >= 15 is 0 Å². The molecule has 0 spiro atoms. The number of hydrogen-bond acceptors (Lipinski definition) is 14. The number of rotatable bonds is 16. The number of aliphatic hydroxyl groups is 3. The zero-order valence-corrected chi connectivity index (χ0v) is 41.1. The molecule has 2 aromatic heterocycles.